The Kier molecular flexibility index (Phi) is 1.75. The highest BCUT2D eigenvalue weighted by Gasteiger charge is 2.30. The van der Waals surface area contributed by atoms with E-state index >= 15 is 0 Å². The Bertz CT molecular complexity index is 225. The van der Waals surface area contributed by atoms with Crippen LogP contribution in [0.15, 0.2) is 0 Å². The Balaban J connectivity index is 2.53. The first-order chi connectivity index (χ1) is 5.09. The number of nitrogens with two attached hydrogens (primary N) is 1. The first-order valence-corrected chi connectivity index (χ1v) is 2.99. The molecule has 0 spiro atoms. The van der Waals surface area contributed by atoms with E-state index in [2.05, 4.69) is 5.32 Å². The Morgan fingerprint density at radius 1 is 1.55 bits per heavy atom. The highest BCUT2D eigenvalue weighted by Crippen LogP contribution is 1.96. The zero-order valence-corrected chi connectivity index (χ0v) is 5.59. The number of amides is 4. The average Bonchev–Trinajstić information content (AvgIpc) is 2.09. The van der Waals surface area contributed by atoms with E-state index in [4.69, 9.17) is 5.73 Å². The van der Waals surface area contributed by atoms with E-state index in [1.165, 1.54) is 0 Å². The SMILES string of the molecule is NC(=O)C[C@@H]1NC(=O)NC1=O. The van der Waals surface area contributed by atoms with Crippen LogP contribution in [0.25, 0.3) is 0 Å². The van der Waals surface area contributed by atoms with Gasteiger partial charge in [-0.3, -0.25) is 14.9 Å². The summed E-state index contributed by atoms with van der Waals surface area (Å²) in [6.07, 6.45) is -0.155. The van der Waals surface area contributed by atoms with Crippen molar-refractivity contribution < 1.29 is 14.4 Å². The fourth-order valence-corrected chi connectivity index (χ4v) is 0.804. The third kappa shape index (κ3) is 1.66. The van der Waals surface area contributed by atoms with Crippen molar-refractivity contribution in [3.8, 4) is 0 Å². The van der Waals surface area contributed by atoms with E-state index in [-0.39, 0.29) is 6.42 Å². The van der Waals surface area contributed by atoms with Crippen LogP contribution in [-0.4, -0.2) is 23.9 Å². The molecule has 4 amide bonds. The lowest BCUT2D eigenvalue weighted by Crippen LogP contribution is -2.33. The molecule has 1 saturated heterocycles. The molecule has 0 bridgehead atoms. The molecular weight excluding hydrogens is 150 g/mol. The molecule has 1 aliphatic heterocycles. The molecule has 0 aromatic carbocycles. The predicted molar refractivity (Wildman–Crippen MR) is 34.3 cm³/mol. The van der Waals surface area contributed by atoms with Gasteiger partial charge >= 0.3 is 6.03 Å². The maximum Gasteiger partial charge on any atom is 0.322 e. The van der Waals surface area contributed by atoms with E-state index in [9.17, 15) is 14.4 Å². The van der Waals surface area contributed by atoms with Gasteiger partial charge < -0.3 is 11.1 Å². The predicted octanol–water partition coefficient (Wildman–Crippen LogP) is -1.93. The van der Waals surface area contributed by atoms with Gasteiger partial charge in [0.1, 0.15) is 6.04 Å². The van der Waals surface area contributed by atoms with Crippen molar-refractivity contribution >= 4 is 17.8 Å². The van der Waals surface area contributed by atoms with Gasteiger partial charge in [-0.05, 0) is 0 Å². The maximum atomic E-state index is 10.7. The third-order valence-electron chi connectivity index (χ3n) is 1.26. The van der Waals surface area contributed by atoms with Crippen LogP contribution in [0.5, 0.6) is 0 Å². The highest BCUT2D eigenvalue weighted by atomic mass is 16.2. The summed E-state index contributed by atoms with van der Waals surface area (Å²) in [6.45, 7) is 0. The van der Waals surface area contributed by atoms with Gasteiger partial charge in [0.05, 0.1) is 6.42 Å². The molecule has 1 atom stereocenters. The summed E-state index contributed by atoms with van der Waals surface area (Å²) in [4.78, 5) is 31.5. The normalized spacial score (nSPS) is 22.7. The molecule has 1 rings (SSSR count). The Morgan fingerprint density at radius 3 is 2.55 bits per heavy atom. The van der Waals surface area contributed by atoms with Crippen LogP contribution in [0.3, 0.4) is 0 Å². The smallest absolute Gasteiger partial charge is 0.322 e. The summed E-state index contributed by atoms with van der Waals surface area (Å²) < 4.78 is 0. The summed E-state index contributed by atoms with van der Waals surface area (Å²) in [6, 6.07) is -1.37. The van der Waals surface area contributed by atoms with Gasteiger partial charge in [-0.1, -0.05) is 0 Å². The second-order valence-corrected chi connectivity index (χ2v) is 2.19. The number of hydrogen-bond donors (Lipinski definition) is 3. The summed E-state index contributed by atoms with van der Waals surface area (Å²) >= 11 is 0. The molecule has 0 aliphatic carbocycles. The first-order valence-electron chi connectivity index (χ1n) is 2.99. The van der Waals surface area contributed by atoms with Crippen LogP contribution >= 0.6 is 0 Å². The number of urea groups is 1. The lowest BCUT2D eigenvalue weighted by atomic mass is 10.2. The zero-order valence-electron chi connectivity index (χ0n) is 5.59. The molecule has 0 aromatic heterocycles. The number of imide groups is 1. The highest BCUT2D eigenvalue weighted by molar-refractivity contribution is 6.05. The molecule has 4 N–H and O–H groups in total. The number of hydrogen-bond acceptors (Lipinski definition) is 3. The fraction of sp³-hybridized carbons (Fsp3) is 0.400. The molecule has 0 radical (unpaired) electrons. The Hall–Kier alpha value is -1.59. The van der Waals surface area contributed by atoms with E-state index in [1.54, 1.807) is 0 Å². The molecule has 1 aliphatic rings. The van der Waals surface area contributed by atoms with E-state index in [0.29, 0.717) is 0 Å². The molecule has 11 heavy (non-hydrogen) atoms. The second kappa shape index (κ2) is 2.57. The monoisotopic (exact) mass is 157 g/mol. The third-order valence-corrected chi connectivity index (χ3v) is 1.26. The van der Waals surface area contributed by atoms with Crippen molar-refractivity contribution in [2.45, 2.75) is 12.5 Å². The van der Waals surface area contributed by atoms with Crippen LogP contribution in [0.4, 0.5) is 4.79 Å². The van der Waals surface area contributed by atoms with Gasteiger partial charge in [0.2, 0.25) is 5.91 Å². The molecule has 6 heteroatoms. The largest absolute Gasteiger partial charge is 0.370 e. The van der Waals surface area contributed by atoms with Gasteiger partial charge in [-0.15, -0.1) is 0 Å². The lowest BCUT2D eigenvalue weighted by Gasteiger charge is -2.01. The molecule has 0 aromatic rings. The number of rotatable bonds is 2. The minimum Gasteiger partial charge on any atom is -0.370 e. The molecule has 1 heterocycles. The standard InChI is InChI=1S/C5H7N3O3/c6-3(9)1-2-4(10)8-5(11)7-2/h2H,1H2,(H2,6,9)(H2,7,8,10,11)/t2-/m0/s1. The summed E-state index contributed by atoms with van der Waals surface area (Å²) in [5, 5.41) is 4.21. The summed E-state index contributed by atoms with van der Waals surface area (Å²) in [7, 11) is 0. The number of nitrogens with one attached hydrogen (secondary N) is 2. The van der Waals surface area contributed by atoms with Gasteiger partial charge in [-0.2, -0.15) is 0 Å². The van der Waals surface area contributed by atoms with Crippen molar-refractivity contribution in [2.24, 2.45) is 5.73 Å². The molecule has 1 fully saturated rings. The fourth-order valence-electron chi connectivity index (χ4n) is 0.804. The number of carbonyl (C=O) groups is 3. The molecule has 0 unspecified atom stereocenters. The summed E-state index contributed by atoms with van der Waals surface area (Å²) in [5.41, 5.74) is 4.81. The Morgan fingerprint density at radius 2 is 2.18 bits per heavy atom. The number of carbonyl (C=O) groups excluding carboxylic acids is 3. The average molecular weight is 157 g/mol. The van der Waals surface area contributed by atoms with Gasteiger partial charge in [-0.25, -0.2) is 4.79 Å². The molecule has 0 saturated carbocycles. The van der Waals surface area contributed by atoms with E-state index in [0.717, 1.165) is 0 Å². The van der Waals surface area contributed by atoms with Crippen molar-refractivity contribution in [3.05, 3.63) is 0 Å². The topological polar surface area (TPSA) is 101 Å². The molecule has 6 nitrogen and oxygen atoms in total. The van der Waals surface area contributed by atoms with Crippen LogP contribution in [0.2, 0.25) is 0 Å². The van der Waals surface area contributed by atoms with Gasteiger partial charge in [0.25, 0.3) is 5.91 Å². The maximum absolute atomic E-state index is 10.7. The molecule has 60 valence electrons. The summed E-state index contributed by atoms with van der Waals surface area (Å²) in [5.74, 6) is -1.12. The van der Waals surface area contributed by atoms with Crippen molar-refractivity contribution in [1.29, 1.82) is 0 Å². The molecular formula is C5H7N3O3. The van der Waals surface area contributed by atoms with Gasteiger partial charge in [0, 0.05) is 0 Å². The number of primary amides is 1. The van der Waals surface area contributed by atoms with Crippen molar-refractivity contribution in [1.82, 2.24) is 10.6 Å². The quantitative estimate of drug-likeness (QED) is 0.407. The van der Waals surface area contributed by atoms with Crippen molar-refractivity contribution in [2.75, 3.05) is 0 Å². The van der Waals surface area contributed by atoms with E-state index < -0.39 is 23.9 Å². The van der Waals surface area contributed by atoms with Crippen LogP contribution in [0.1, 0.15) is 6.42 Å². The zero-order chi connectivity index (χ0) is 8.43. The van der Waals surface area contributed by atoms with Crippen LogP contribution in [0, 0.1) is 0 Å². The van der Waals surface area contributed by atoms with Crippen LogP contribution in [-0.2, 0) is 9.59 Å². The van der Waals surface area contributed by atoms with Gasteiger partial charge in [0.15, 0.2) is 0 Å². The lowest BCUT2D eigenvalue weighted by molar-refractivity contribution is -0.124. The Labute approximate surface area is 62.1 Å². The minimum atomic E-state index is -0.792. The van der Waals surface area contributed by atoms with Crippen LogP contribution < -0.4 is 16.4 Å². The van der Waals surface area contributed by atoms with E-state index in [1.807, 2.05) is 5.32 Å². The van der Waals surface area contributed by atoms with Crippen molar-refractivity contribution in [3.63, 3.8) is 0 Å². The minimum absolute atomic E-state index is 0.155. The second-order valence-electron chi connectivity index (χ2n) is 2.19. The first kappa shape index (κ1) is 7.52.